The van der Waals surface area contributed by atoms with Crippen molar-refractivity contribution in [1.82, 2.24) is 14.5 Å². The molecule has 0 amide bonds. The second-order valence-corrected chi connectivity index (χ2v) is 7.31. The first kappa shape index (κ1) is 36.0. The van der Waals surface area contributed by atoms with Gasteiger partial charge in [0.05, 0.1) is 14.1 Å². The van der Waals surface area contributed by atoms with Crippen molar-refractivity contribution >= 4 is 24.9 Å². The lowest BCUT2D eigenvalue weighted by atomic mass is 10.1. The lowest BCUT2D eigenvalue weighted by molar-refractivity contribution is -0.667. The zero-order valence-electron chi connectivity index (χ0n) is 20.6. The molecule has 0 aliphatic heterocycles. The Morgan fingerprint density at radius 1 is 0.925 bits per heavy atom. The van der Waals surface area contributed by atoms with Crippen LogP contribution in [-0.2, 0) is 20.3 Å². The maximum atomic E-state index is 12.7. The fraction of sp³-hybridized carbons (Fsp3) is 0.217. The van der Waals surface area contributed by atoms with Gasteiger partial charge in [-0.1, -0.05) is 18.2 Å². The number of para-hydroxylation sites is 2. The van der Waals surface area contributed by atoms with Gasteiger partial charge in [-0.3, -0.25) is 27.7 Å². The first-order chi connectivity index (χ1) is 18.1. The van der Waals surface area contributed by atoms with E-state index in [-0.39, 0.29) is 10.3 Å². The van der Waals surface area contributed by atoms with Gasteiger partial charge in [0, 0.05) is 35.9 Å². The monoisotopic (exact) mass is 586 g/mol. The number of rotatable bonds is 2. The van der Waals surface area contributed by atoms with Gasteiger partial charge in [0.25, 0.3) is 0 Å². The quantitative estimate of drug-likeness (QED) is 0.170. The topological polar surface area (TPSA) is 71.9 Å². The van der Waals surface area contributed by atoms with Crippen LogP contribution in [0.25, 0.3) is 11.0 Å². The van der Waals surface area contributed by atoms with E-state index in [1.54, 1.807) is 42.6 Å². The Morgan fingerprint density at radius 2 is 1.45 bits per heavy atom. The van der Waals surface area contributed by atoms with Crippen LogP contribution in [0.15, 0.2) is 73.3 Å². The predicted molar refractivity (Wildman–Crippen MR) is 123 cm³/mol. The van der Waals surface area contributed by atoms with E-state index < -0.39 is 31.8 Å². The number of halogens is 10. The van der Waals surface area contributed by atoms with Crippen LogP contribution in [-0.4, -0.2) is 39.6 Å². The van der Waals surface area contributed by atoms with Crippen molar-refractivity contribution in [2.45, 2.75) is 18.5 Å². The van der Waals surface area contributed by atoms with Gasteiger partial charge in [-0.15, -0.1) is 0 Å². The Morgan fingerprint density at radius 3 is 1.82 bits per heavy atom. The first-order valence-electron chi connectivity index (χ1n) is 10.5. The summed E-state index contributed by atoms with van der Waals surface area (Å²) in [6, 6.07) is 12.7. The minimum absolute atomic E-state index is 0. The number of aldehydes is 1. The fourth-order valence-corrected chi connectivity index (χ4v) is 3.04. The molecule has 0 saturated carbocycles. The van der Waals surface area contributed by atoms with Crippen molar-refractivity contribution in [2.24, 2.45) is 14.1 Å². The largest absolute Gasteiger partial charge is 1.00 e. The van der Waals surface area contributed by atoms with Gasteiger partial charge in [0.15, 0.2) is 23.4 Å². The number of carbonyl (C=O) groups is 1. The molecule has 1 atom stereocenters. The molecule has 1 N–H and O–H groups in total. The Balaban J connectivity index is 0.000000547. The molecule has 4 aromatic rings. The summed E-state index contributed by atoms with van der Waals surface area (Å²) in [5.74, 6) is -0.649. The molecule has 17 heteroatoms. The van der Waals surface area contributed by atoms with E-state index >= 15 is 0 Å². The molecule has 4 rings (SSSR count). The lowest BCUT2D eigenvalue weighted by Crippen LogP contribution is -3.00. The van der Waals surface area contributed by atoms with Crippen LogP contribution in [0.1, 0.15) is 27.8 Å². The van der Waals surface area contributed by atoms with Gasteiger partial charge < -0.3 is 9.81 Å². The number of nitrogens with zero attached hydrogens (tertiary/aromatic N) is 4. The number of hydrogen-bond acceptors (Lipinski definition) is 4. The van der Waals surface area contributed by atoms with Crippen molar-refractivity contribution in [3.63, 3.8) is 0 Å². The summed E-state index contributed by atoms with van der Waals surface area (Å²) < 4.78 is 105. The summed E-state index contributed by atoms with van der Waals surface area (Å²) in [7, 11) is -0.823. The Hall–Kier alpha value is -4.02. The molecule has 3 heterocycles. The van der Waals surface area contributed by atoms with Gasteiger partial charge in [-0.05, 0) is 30.3 Å². The van der Waals surface area contributed by atoms with Gasteiger partial charge in [-0.25, -0.2) is 9.13 Å². The van der Waals surface area contributed by atoms with E-state index in [4.69, 9.17) is 5.11 Å². The molecule has 3 aromatic heterocycles. The summed E-state index contributed by atoms with van der Waals surface area (Å²) >= 11 is 0. The summed E-state index contributed by atoms with van der Waals surface area (Å²) in [6.45, 7) is 0. The van der Waals surface area contributed by atoms with Gasteiger partial charge >= 0.3 is 25.7 Å². The SMILES string of the molecule is Cn1c(C(F)(F)F)[n+](C)c2ccccc21.FB(F)F.O=Cc1cccnc1.OC(c1cccnc1)C(F)(F)F.[F-]. The molecular weight excluding hydrogens is 565 g/mol. The third-order valence-electron chi connectivity index (χ3n) is 4.62. The standard InChI is InChI=1S/C10H10F3N2.C7H6F3NO.C6H5NO.BF3.FH/c1-14-7-5-3-4-6-8(7)15(2)9(14)10(11,12)13;8-7(9,10)6(12)5-2-1-3-11-4-5;8-5-6-2-1-3-7-4-6;2-1(3)4;/h3-6H,1-2H3;1-4,6,12H;1-5H;;1H/q+1;;;;/p-1. The molecule has 6 nitrogen and oxygen atoms in total. The van der Waals surface area contributed by atoms with E-state index in [0.29, 0.717) is 16.6 Å². The minimum atomic E-state index is -4.62. The number of benzene rings is 1. The molecule has 0 fully saturated rings. The highest BCUT2D eigenvalue weighted by Gasteiger charge is 2.45. The van der Waals surface area contributed by atoms with Crippen LogP contribution in [0.4, 0.5) is 39.3 Å². The van der Waals surface area contributed by atoms with E-state index in [1.165, 1.54) is 38.6 Å². The number of hydrogen-bond donors (Lipinski definition) is 1. The number of aliphatic hydroxyl groups is 1. The summed E-state index contributed by atoms with van der Waals surface area (Å²) in [4.78, 5) is 17.2. The van der Waals surface area contributed by atoms with Crippen molar-refractivity contribution in [1.29, 1.82) is 0 Å². The van der Waals surface area contributed by atoms with E-state index in [0.717, 1.165) is 21.6 Å². The second-order valence-electron chi connectivity index (χ2n) is 7.31. The third kappa shape index (κ3) is 11.4. The minimum Gasteiger partial charge on any atom is -1.00 e. The van der Waals surface area contributed by atoms with Gasteiger partial charge in [0.2, 0.25) is 0 Å². The normalized spacial score (nSPS) is 11.3. The maximum absolute atomic E-state index is 12.7. The van der Waals surface area contributed by atoms with Crippen LogP contribution in [0, 0.1) is 0 Å². The molecule has 1 unspecified atom stereocenters. The van der Waals surface area contributed by atoms with Crippen LogP contribution in [0.2, 0.25) is 0 Å². The van der Waals surface area contributed by atoms with Crippen LogP contribution in [0.5, 0.6) is 0 Å². The molecule has 218 valence electrons. The zero-order chi connectivity index (χ0) is 29.8. The summed E-state index contributed by atoms with van der Waals surface area (Å²) in [5, 5.41) is 8.69. The Kier molecular flexibility index (Phi) is 14.5. The highest BCUT2D eigenvalue weighted by Crippen LogP contribution is 2.31. The van der Waals surface area contributed by atoms with Gasteiger partial charge in [0.1, 0.15) is 0 Å². The highest BCUT2D eigenvalue weighted by atomic mass is 19.4. The molecule has 0 aliphatic rings. The number of carbonyl (C=O) groups excluding carboxylic acids is 1. The molecule has 0 saturated heterocycles. The molecule has 0 radical (unpaired) electrons. The summed E-state index contributed by atoms with van der Waals surface area (Å²) in [6.07, 6.45) is -5.14. The van der Waals surface area contributed by atoms with Crippen molar-refractivity contribution in [3.8, 4) is 0 Å². The number of aromatic nitrogens is 4. The van der Waals surface area contributed by atoms with E-state index in [2.05, 4.69) is 9.97 Å². The predicted octanol–water partition coefficient (Wildman–Crippen LogP) is 2.48. The van der Waals surface area contributed by atoms with Gasteiger partial charge in [-0.2, -0.15) is 26.3 Å². The lowest BCUT2D eigenvalue weighted by Gasteiger charge is -2.13. The summed E-state index contributed by atoms with van der Waals surface area (Å²) in [5.41, 5.74) is 1.53. The molecular formula is C23H21BF10N4O2. The fourth-order valence-electron chi connectivity index (χ4n) is 3.04. The highest BCUT2D eigenvalue weighted by molar-refractivity contribution is 6.33. The van der Waals surface area contributed by atoms with Crippen LogP contribution >= 0.6 is 0 Å². The van der Waals surface area contributed by atoms with E-state index in [9.17, 15) is 44.1 Å². The number of pyridine rings is 2. The molecule has 0 bridgehead atoms. The van der Waals surface area contributed by atoms with E-state index in [1.807, 2.05) is 0 Å². The average Bonchev–Trinajstić information content (AvgIpc) is 3.14. The molecule has 0 aliphatic carbocycles. The molecule has 40 heavy (non-hydrogen) atoms. The smallest absolute Gasteiger partial charge is 0.762 e. The number of fused-ring (bicyclic) bond motifs is 1. The number of aryl methyl sites for hydroxylation is 2. The zero-order valence-corrected chi connectivity index (χ0v) is 20.6. The first-order valence-corrected chi connectivity index (χ1v) is 10.5. The number of alkyl halides is 6. The van der Waals surface area contributed by atoms with Crippen molar-refractivity contribution in [3.05, 3.63) is 90.3 Å². The molecule has 1 aromatic carbocycles. The third-order valence-corrected chi connectivity index (χ3v) is 4.62. The number of imidazole rings is 1. The maximum Gasteiger partial charge on any atom is 0.762 e. The van der Waals surface area contributed by atoms with Crippen molar-refractivity contribution < 1.29 is 58.5 Å². The Bertz CT molecular complexity index is 1250. The Labute approximate surface area is 221 Å². The number of aliphatic hydroxyl groups excluding tert-OH is 1. The van der Waals surface area contributed by atoms with Crippen molar-refractivity contribution in [2.75, 3.05) is 0 Å². The average molecular weight is 586 g/mol. The van der Waals surface area contributed by atoms with Crippen LogP contribution < -0.4 is 9.27 Å². The molecule has 0 spiro atoms. The van der Waals surface area contributed by atoms with Crippen LogP contribution in [0.3, 0.4) is 0 Å². The second kappa shape index (κ2) is 16.2.